The fourth-order valence-corrected chi connectivity index (χ4v) is 6.93. The number of hydrogen-bond donors (Lipinski definition) is 0. The first-order chi connectivity index (χ1) is 26.0. The Hall–Kier alpha value is -4.22. The summed E-state index contributed by atoms with van der Waals surface area (Å²) in [5.74, 6) is -0.716. The van der Waals surface area contributed by atoms with Crippen LogP contribution in [0.25, 0.3) is 44.6 Å². The third-order valence-corrected chi connectivity index (χ3v) is 9.73. The molecule has 0 fully saturated rings. The molecule has 7 aromatic rings. The van der Waals surface area contributed by atoms with E-state index >= 15 is 0 Å². The van der Waals surface area contributed by atoms with Crippen LogP contribution in [0, 0.1) is 25.8 Å². The van der Waals surface area contributed by atoms with E-state index in [1.54, 1.807) is 66.9 Å². The smallest absolute Gasteiger partial charge is 0.216 e. The summed E-state index contributed by atoms with van der Waals surface area (Å²) < 4.78 is 76.8. The van der Waals surface area contributed by atoms with Gasteiger partial charge < -0.3 is 14.4 Å². The summed E-state index contributed by atoms with van der Waals surface area (Å²) in [4.78, 5) is 13.2. The quantitative estimate of drug-likeness (QED) is 0.124. The van der Waals surface area contributed by atoms with Crippen LogP contribution in [0.4, 0.5) is 0 Å². The molecular weight excluding hydrogens is 783 g/mol. The summed E-state index contributed by atoms with van der Waals surface area (Å²) in [7, 11) is -1.61. The van der Waals surface area contributed by atoms with E-state index in [0.717, 1.165) is 22.2 Å². The van der Waals surface area contributed by atoms with Crippen molar-refractivity contribution < 1.29 is 36.9 Å². The molecule has 0 aliphatic heterocycles. The molecule has 1 radical (unpaired) electrons. The second kappa shape index (κ2) is 14.9. The van der Waals surface area contributed by atoms with Crippen LogP contribution in [0.3, 0.4) is 0 Å². The zero-order valence-electron chi connectivity index (χ0n) is 36.4. The van der Waals surface area contributed by atoms with Gasteiger partial charge in [0, 0.05) is 55.9 Å². The minimum Gasteiger partial charge on any atom is -0.486 e. The van der Waals surface area contributed by atoms with Crippen LogP contribution >= 0.6 is 0 Å². The third-order valence-electron chi connectivity index (χ3n) is 7.72. The average molecular weight is 833 g/mol. The van der Waals surface area contributed by atoms with Gasteiger partial charge >= 0.3 is 0 Å². The van der Waals surface area contributed by atoms with Gasteiger partial charge in [-0.05, 0) is 65.0 Å². The first-order valence-electron chi connectivity index (χ1n) is 19.9. The maximum Gasteiger partial charge on any atom is 0.216 e. The van der Waals surface area contributed by atoms with Gasteiger partial charge in [0.15, 0.2) is 0 Å². The molecule has 0 N–H and O–H groups in total. The summed E-state index contributed by atoms with van der Waals surface area (Å²) in [6.45, 7) is 6.05. The molecular formula is C42H41IrN3OSi-2. The molecule has 3 aromatic carbocycles. The van der Waals surface area contributed by atoms with E-state index in [4.69, 9.17) is 16.8 Å². The van der Waals surface area contributed by atoms with Crippen LogP contribution in [0.2, 0.25) is 19.6 Å². The molecule has 0 amide bonds. The largest absolute Gasteiger partial charge is 0.486 e. The van der Waals surface area contributed by atoms with Crippen molar-refractivity contribution in [2.45, 2.75) is 59.5 Å². The summed E-state index contributed by atoms with van der Waals surface area (Å²) in [6.07, 6.45) is 1.74. The molecule has 0 atom stereocenters. The van der Waals surface area contributed by atoms with Gasteiger partial charge in [-0.1, -0.05) is 99.3 Å². The van der Waals surface area contributed by atoms with Crippen LogP contribution < -0.4 is 5.19 Å². The number of furan rings is 1. The number of aryl methyl sites for hydroxylation is 2. The predicted octanol–water partition coefficient (Wildman–Crippen LogP) is 10.3. The number of pyridine rings is 3. The van der Waals surface area contributed by atoms with E-state index in [1.165, 1.54) is 17.3 Å². The third kappa shape index (κ3) is 7.90. The van der Waals surface area contributed by atoms with Crippen molar-refractivity contribution >= 4 is 35.3 Å². The molecule has 0 saturated carbocycles. The maximum atomic E-state index is 8.64. The number of fused-ring (bicyclic) bond motifs is 3. The Morgan fingerprint density at radius 2 is 1.71 bits per heavy atom. The maximum absolute atomic E-state index is 8.64. The van der Waals surface area contributed by atoms with Crippen molar-refractivity contribution in [2.24, 2.45) is 0 Å². The van der Waals surface area contributed by atoms with Gasteiger partial charge in [0.2, 0.25) is 5.71 Å². The molecule has 0 aliphatic carbocycles. The first-order valence-corrected chi connectivity index (χ1v) is 18.9. The Kier molecular flexibility index (Phi) is 7.72. The van der Waals surface area contributed by atoms with E-state index in [1.807, 2.05) is 38.2 Å². The molecule has 0 bridgehead atoms. The van der Waals surface area contributed by atoms with E-state index in [9.17, 15) is 0 Å². The van der Waals surface area contributed by atoms with E-state index in [0.29, 0.717) is 33.4 Å². The average Bonchev–Trinajstić information content (AvgIpc) is 3.52. The van der Waals surface area contributed by atoms with Gasteiger partial charge in [0.05, 0.1) is 13.7 Å². The number of benzene rings is 3. The van der Waals surface area contributed by atoms with Crippen LogP contribution in [-0.4, -0.2) is 23.0 Å². The zero-order valence-corrected chi connectivity index (χ0v) is 30.8. The fourth-order valence-electron chi connectivity index (χ4n) is 5.34. The summed E-state index contributed by atoms with van der Waals surface area (Å²) in [6, 6.07) is 32.0. The van der Waals surface area contributed by atoms with Crippen molar-refractivity contribution in [1.29, 1.82) is 0 Å². The second-order valence-electron chi connectivity index (χ2n) is 12.5. The van der Waals surface area contributed by atoms with Crippen molar-refractivity contribution in [3.63, 3.8) is 0 Å². The first kappa shape index (κ1) is 24.8. The van der Waals surface area contributed by atoms with Crippen LogP contribution in [-0.2, 0) is 26.5 Å². The van der Waals surface area contributed by atoms with E-state index in [2.05, 4.69) is 46.7 Å². The van der Waals surface area contributed by atoms with Crippen LogP contribution in [0.15, 0.2) is 108 Å². The number of rotatable bonds is 6. The molecule has 4 heterocycles. The normalized spacial score (nSPS) is 15.1. The van der Waals surface area contributed by atoms with Gasteiger partial charge in [-0.3, -0.25) is 0 Å². The number of aromatic nitrogens is 3. The minimum atomic E-state index is -2.33. The van der Waals surface area contributed by atoms with E-state index in [-0.39, 0.29) is 37.1 Å². The fraction of sp³-hybridized carbons (Fsp3) is 0.214. The molecule has 4 aromatic heterocycles. The Morgan fingerprint density at radius 1 is 0.875 bits per heavy atom. The predicted molar refractivity (Wildman–Crippen MR) is 198 cm³/mol. The second-order valence-corrected chi connectivity index (χ2v) is 17.6. The van der Waals surface area contributed by atoms with Gasteiger partial charge in [-0.25, -0.2) is 4.98 Å². The molecule has 48 heavy (non-hydrogen) atoms. The minimum absolute atomic E-state index is 0. The van der Waals surface area contributed by atoms with Gasteiger partial charge in [-0.15, -0.1) is 53.6 Å². The summed E-state index contributed by atoms with van der Waals surface area (Å²) in [5, 5.41) is 2.64. The zero-order chi connectivity index (χ0) is 40.8. The molecule has 4 nitrogen and oxygen atoms in total. The summed E-state index contributed by atoms with van der Waals surface area (Å²) >= 11 is 0. The summed E-state index contributed by atoms with van der Waals surface area (Å²) in [5.41, 5.74) is 5.46. The SMILES string of the molecule is [2H]C([2H])([2H])c1c[c-]c(-c2cc(C([2H])(C)C)c([Si](C)(C)C)cn2)cc1.[2H]C([2H])([2H])c1ccc2c(n1)oc1c(-c3cc(C([2H])([2H])c4ccccc4)ccn3)[c-]ccc12.[Ir]. The standard InChI is InChI=1S/C24H17N2O.C18H24NSi.Ir/c1-16-10-11-20-19-8-5-9-21(23(19)27-24(20)26-16)22-15-18(12-13-25-22)14-17-6-3-2-4-7-17;1-13(2)16-11-17(15-9-7-14(3)8-10-15)19-12-18(16)20(4,5)6;/h2-8,10-13,15H,14H2,1H3;7-9,11-13H,1-6H3;/q2*-1;/i1D3,14D2;3D3,13D;. The van der Waals surface area contributed by atoms with Crippen LogP contribution in [0.5, 0.6) is 0 Å². The van der Waals surface area contributed by atoms with Gasteiger partial charge in [0.25, 0.3) is 0 Å². The van der Waals surface area contributed by atoms with Crippen molar-refractivity contribution in [3.05, 3.63) is 143 Å². The molecule has 0 spiro atoms. The molecule has 0 unspecified atom stereocenters. The van der Waals surface area contributed by atoms with Crippen molar-refractivity contribution in [1.82, 2.24) is 15.0 Å². The molecule has 0 saturated heterocycles. The molecule has 245 valence electrons. The Labute approximate surface area is 311 Å². The number of hydrogen-bond acceptors (Lipinski definition) is 4. The van der Waals surface area contributed by atoms with E-state index < -0.39 is 34.0 Å². The number of nitrogens with zero attached hydrogens (tertiary/aromatic N) is 3. The van der Waals surface area contributed by atoms with Gasteiger partial charge in [0.1, 0.15) is 0 Å². The topological polar surface area (TPSA) is 51.8 Å². The molecule has 6 heteroatoms. The Morgan fingerprint density at radius 3 is 2.42 bits per heavy atom. The van der Waals surface area contributed by atoms with Gasteiger partial charge in [-0.2, -0.15) is 0 Å². The Bertz CT molecular complexity index is 2510. The molecule has 7 rings (SSSR count). The Balaban J connectivity index is 0.000000223. The van der Waals surface area contributed by atoms with Crippen LogP contribution in [0.1, 0.15) is 60.0 Å². The van der Waals surface area contributed by atoms with Crippen molar-refractivity contribution in [2.75, 3.05) is 0 Å². The molecule has 0 aliphatic rings. The monoisotopic (exact) mass is 833 g/mol. The van der Waals surface area contributed by atoms with Crippen molar-refractivity contribution in [3.8, 4) is 22.5 Å².